The summed E-state index contributed by atoms with van der Waals surface area (Å²) in [5, 5.41) is 0.443. The van der Waals surface area contributed by atoms with E-state index in [0.29, 0.717) is 16.5 Å². The number of methoxy groups -OCH3 is 1. The summed E-state index contributed by atoms with van der Waals surface area (Å²) in [7, 11) is 1.59. The van der Waals surface area contributed by atoms with Crippen molar-refractivity contribution in [1.82, 2.24) is 0 Å². The molecule has 0 aromatic heterocycles. The molecule has 1 aromatic rings. The van der Waals surface area contributed by atoms with Gasteiger partial charge in [0.2, 0.25) is 0 Å². The lowest BCUT2D eigenvalue weighted by Crippen LogP contribution is -2.06. The van der Waals surface area contributed by atoms with Crippen LogP contribution in [-0.2, 0) is 0 Å². The van der Waals surface area contributed by atoms with E-state index in [-0.39, 0.29) is 12.6 Å². The summed E-state index contributed by atoms with van der Waals surface area (Å²) >= 11 is 5.62. The quantitative estimate of drug-likeness (QED) is 0.862. The Hall–Kier alpha value is -1.19. The van der Waals surface area contributed by atoms with Gasteiger partial charge in [0.25, 0.3) is 0 Å². The first kappa shape index (κ1) is 12.9. The van der Waals surface area contributed by atoms with Gasteiger partial charge in [0.05, 0.1) is 7.11 Å². The van der Waals surface area contributed by atoms with E-state index in [0.717, 1.165) is 5.56 Å². The summed E-state index contributed by atoms with van der Waals surface area (Å²) in [4.78, 5) is 0. The Bertz CT molecular complexity index is 377. The van der Waals surface area contributed by atoms with Gasteiger partial charge in [0.1, 0.15) is 6.61 Å². The van der Waals surface area contributed by atoms with Crippen molar-refractivity contribution in [3.63, 3.8) is 0 Å². The highest BCUT2D eigenvalue weighted by Crippen LogP contribution is 2.30. The maximum Gasteiger partial charge on any atom is 0.161 e. The zero-order valence-electron chi connectivity index (χ0n) is 9.50. The molecule has 0 spiro atoms. The molecule has 4 heteroatoms. The molecule has 0 bridgehead atoms. The fourth-order valence-electron chi connectivity index (χ4n) is 1.24. The van der Waals surface area contributed by atoms with Crippen molar-refractivity contribution in [3.8, 4) is 11.5 Å². The van der Waals surface area contributed by atoms with Crippen molar-refractivity contribution < 1.29 is 9.47 Å². The molecule has 1 atom stereocenters. The lowest BCUT2D eigenvalue weighted by molar-refractivity contribution is 0.323. The molecule has 0 aliphatic carbocycles. The summed E-state index contributed by atoms with van der Waals surface area (Å²) in [6.07, 6.45) is 0. The molecular weight excluding hydrogens is 226 g/mol. The van der Waals surface area contributed by atoms with E-state index < -0.39 is 0 Å². The molecule has 16 heavy (non-hydrogen) atoms. The zero-order chi connectivity index (χ0) is 12.1. The lowest BCUT2D eigenvalue weighted by Gasteiger charge is -2.13. The Morgan fingerprint density at radius 1 is 1.50 bits per heavy atom. The molecule has 0 fully saturated rings. The number of hydrogen-bond donors (Lipinski definition) is 1. The van der Waals surface area contributed by atoms with E-state index in [2.05, 4.69) is 6.58 Å². The molecule has 0 saturated carbocycles. The van der Waals surface area contributed by atoms with Gasteiger partial charge in [-0.2, -0.15) is 0 Å². The van der Waals surface area contributed by atoms with Crippen molar-refractivity contribution in [2.75, 3.05) is 13.7 Å². The second kappa shape index (κ2) is 5.77. The molecule has 1 aromatic carbocycles. The molecule has 1 unspecified atom stereocenters. The summed E-state index contributed by atoms with van der Waals surface area (Å²) in [6, 6.07) is 5.54. The molecule has 0 aliphatic heterocycles. The lowest BCUT2D eigenvalue weighted by atomic mass is 10.1. The first-order valence-electron chi connectivity index (χ1n) is 4.94. The van der Waals surface area contributed by atoms with Gasteiger partial charge < -0.3 is 15.2 Å². The molecule has 0 amide bonds. The fraction of sp³-hybridized carbons (Fsp3) is 0.333. The Morgan fingerprint density at radius 2 is 2.19 bits per heavy atom. The van der Waals surface area contributed by atoms with Crippen molar-refractivity contribution in [3.05, 3.63) is 35.4 Å². The van der Waals surface area contributed by atoms with Crippen LogP contribution < -0.4 is 15.2 Å². The van der Waals surface area contributed by atoms with Crippen LogP contribution in [0.4, 0.5) is 0 Å². The molecule has 0 heterocycles. The largest absolute Gasteiger partial charge is 0.493 e. The van der Waals surface area contributed by atoms with Crippen molar-refractivity contribution in [1.29, 1.82) is 0 Å². The smallest absolute Gasteiger partial charge is 0.161 e. The minimum Gasteiger partial charge on any atom is -0.493 e. The van der Waals surface area contributed by atoms with Gasteiger partial charge in [-0.25, -0.2) is 0 Å². The van der Waals surface area contributed by atoms with Crippen LogP contribution in [0.3, 0.4) is 0 Å². The van der Waals surface area contributed by atoms with Crippen LogP contribution in [-0.4, -0.2) is 13.7 Å². The van der Waals surface area contributed by atoms with Crippen molar-refractivity contribution in [2.45, 2.75) is 13.0 Å². The Kier molecular flexibility index (Phi) is 4.65. The van der Waals surface area contributed by atoms with Crippen LogP contribution in [0, 0.1) is 0 Å². The van der Waals surface area contributed by atoms with Gasteiger partial charge in [-0.1, -0.05) is 24.2 Å². The van der Waals surface area contributed by atoms with Gasteiger partial charge >= 0.3 is 0 Å². The van der Waals surface area contributed by atoms with Gasteiger partial charge in [-0.05, 0) is 24.6 Å². The van der Waals surface area contributed by atoms with Crippen LogP contribution in [0.2, 0.25) is 0 Å². The Labute approximate surface area is 101 Å². The predicted molar refractivity (Wildman–Crippen MR) is 66.1 cm³/mol. The van der Waals surface area contributed by atoms with Crippen LogP contribution in [0.15, 0.2) is 29.8 Å². The van der Waals surface area contributed by atoms with E-state index in [1.807, 2.05) is 25.1 Å². The Balaban J connectivity index is 2.88. The molecule has 0 aliphatic rings. The molecular formula is C12H16ClNO2. The van der Waals surface area contributed by atoms with E-state index in [9.17, 15) is 0 Å². The monoisotopic (exact) mass is 241 g/mol. The normalized spacial score (nSPS) is 12.0. The minimum absolute atomic E-state index is 0.0362. The molecule has 0 saturated heterocycles. The van der Waals surface area contributed by atoms with E-state index in [1.54, 1.807) is 7.11 Å². The van der Waals surface area contributed by atoms with Gasteiger partial charge in [0.15, 0.2) is 11.5 Å². The van der Waals surface area contributed by atoms with Crippen molar-refractivity contribution in [2.24, 2.45) is 5.73 Å². The molecule has 1 rings (SSSR count). The van der Waals surface area contributed by atoms with E-state index in [4.69, 9.17) is 26.8 Å². The number of ether oxygens (including phenoxy) is 2. The highest BCUT2D eigenvalue weighted by Gasteiger charge is 2.08. The topological polar surface area (TPSA) is 44.5 Å². The SMILES string of the molecule is C=C(Cl)COc1ccc(C(C)N)cc1OC. The van der Waals surface area contributed by atoms with Crippen molar-refractivity contribution >= 4 is 11.6 Å². The second-order valence-electron chi connectivity index (χ2n) is 3.50. The summed E-state index contributed by atoms with van der Waals surface area (Å²) in [5.41, 5.74) is 6.77. The number of benzene rings is 1. The average Bonchev–Trinajstić information content (AvgIpc) is 2.25. The summed E-state index contributed by atoms with van der Waals surface area (Å²) < 4.78 is 10.6. The second-order valence-corrected chi connectivity index (χ2v) is 4.04. The van der Waals surface area contributed by atoms with Gasteiger partial charge in [-0.3, -0.25) is 0 Å². The predicted octanol–water partition coefficient (Wildman–Crippen LogP) is 2.85. The highest BCUT2D eigenvalue weighted by molar-refractivity contribution is 6.29. The Morgan fingerprint density at radius 3 is 2.69 bits per heavy atom. The van der Waals surface area contributed by atoms with Crippen LogP contribution in [0.25, 0.3) is 0 Å². The van der Waals surface area contributed by atoms with Gasteiger partial charge in [0, 0.05) is 11.1 Å². The standard InChI is InChI=1S/C12H16ClNO2/c1-8(13)7-16-11-5-4-10(9(2)14)6-12(11)15-3/h4-6,9H,1,7,14H2,2-3H3. The highest BCUT2D eigenvalue weighted by atomic mass is 35.5. The first-order chi connectivity index (χ1) is 7.54. The van der Waals surface area contributed by atoms with Crippen LogP contribution >= 0.6 is 11.6 Å². The van der Waals surface area contributed by atoms with E-state index in [1.165, 1.54) is 0 Å². The molecule has 88 valence electrons. The maximum atomic E-state index is 5.78. The number of rotatable bonds is 5. The van der Waals surface area contributed by atoms with Crippen LogP contribution in [0.5, 0.6) is 11.5 Å². The van der Waals surface area contributed by atoms with Crippen LogP contribution in [0.1, 0.15) is 18.5 Å². The third-order valence-corrected chi connectivity index (χ3v) is 2.21. The third-order valence-electron chi connectivity index (χ3n) is 2.10. The zero-order valence-corrected chi connectivity index (χ0v) is 10.3. The van der Waals surface area contributed by atoms with E-state index >= 15 is 0 Å². The van der Waals surface area contributed by atoms with Gasteiger partial charge in [-0.15, -0.1) is 0 Å². The third kappa shape index (κ3) is 3.43. The summed E-state index contributed by atoms with van der Waals surface area (Å²) in [5.74, 6) is 1.28. The fourth-order valence-corrected chi connectivity index (χ4v) is 1.30. The number of halogens is 1. The molecule has 3 nitrogen and oxygen atoms in total. The number of nitrogens with two attached hydrogens (primary N) is 1. The molecule has 0 radical (unpaired) electrons. The minimum atomic E-state index is -0.0362. The summed E-state index contributed by atoms with van der Waals surface area (Å²) in [6.45, 7) is 5.72. The maximum absolute atomic E-state index is 5.78. The average molecular weight is 242 g/mol. The first-order valence-corrected chi connectivity index (χ1v) is 5.32. The molecule has 2 N–H and O–H groups in total. The number of hydrogen-bond acceptors (Lipinski definition) is 3.